The van der Waals surface area contributed by atoms with Gasteiger partial charge in [0.1, 0.15) is 6.04 Å². The van der Waals surface area contributed by atoms with E-state index in [0.717, 1.165) is 0 Å². The third-order valence-corrected chi connectivity index (χ3v) is 2.03. The predicted octanol–water partition coefficient (Wildman–Crippen LogP) is 0.757. The summed E-state index contributed by atoms with van der Waals surface area (Å²) in [6.45, 7) is 5.89. The Labute approximate surface area is 84.1 Å². The van der Waals surface area contributed by atoms with E-state index < -0.39 is 12.0 Å². The van der Waals surface area contributed by atoms with Crippen LogP contribution < -0.4 is 5.32 Å². The van der Waals surface area contributed by atoms with Crippen LogP contribution in [0.4, 0.5) is 4.79 Å². The molecule has 14 heavy (non-hydrogen) atoms. The number of aliphatic carboxylic acids is 1. The highest BCUT2D eigenvalue weighted by atomic mass is 16.4. The van der Waals surface area contributed by atoms with Crippen LogP contribution in [0.3, 0.4) is 0 Å². The van der Waals surface area contributed by atoms with E-state index in [4.69, 9.17) is 5.11 Å². The normalized spacial score (nSPS) is 12.4. The maximum absolute atomic E-state index is 11.3. The minimum absolute atomic E-state index is 0.123. The molecule has 0 spiro atoms. The van der Waals surface area contributed by atoms with E-state index in [1.807, 2.05) is 6.92 Å². The van der Waals surface area contributed by atoms with Crippen LogP contribution in [0, 0.1) is 5.92 Å². The summed E-state index contributed by atoms with van der Waals surface area (Å²) in [6, 6.07) is -1.18. The van der Waals surface area contributed by atoms with Gasteiger partial charge in [0.05, 0.1) is 0 Å². The lowest BCUT2D eigenvalue weighted by Crippen LogP contribution is -2.49. The Kier molecular flexibility index (Phi) is 4.97. The molecule has 5 nitrogen and oxygen atoms in total. The number of nitrogens with zero attached hydrogens (tertiary/aromatic N) is 1. The minimum atomic E-state index is -1.00. The number of rotatable bonds is 4. The number of nitrogens with one attached hydrogen (secondary N) is 1. The number of hydrogen-bond donors (Lipinski definition) is 2. The molecule has 5 heteroatoms. The summed E-state index contributed by atoms with van der Waals surface area (Å²) < 4.78 is 0. The van der Waals surface area contributed by atoms with Gasteiger partial charge >= 0.3 is 12.0 Å². The second-order valence-electron chi connectivity index (χ2n) is 3.52. The average molecular weight is 202 g/mol. The van der Waals surface area contributed by atoms with Crippen LogP contribution in [-0.2, 0) is 4.79 Å². The van der Waals surface area contributed by atoms with Crippen molar-refractivity contribution in [3.8, 4) is 0 Å². The smallest absolute Gasteiger partial charge is 0.326 e. The van der Waals surface area contributed by atoms with Crippen LogP contribution in [0.1, 0.15) is 20.8 Å². The number of hydrogen-bond acceptors (Lipinski definition) is 2. The lowest BCUT2D eigenvalue weighted by molar-refractivity contribution is -0.140. The summed E-state index contributed by atoms with van der Waals surface area (Å²) in [5, 5.41) is 11.3. The summed E-state index contributed by atoms with van der Waals surface area (Å²) in [4.78, 5) is 23.5. The van der Waals surface area contributed by atoms with Crippen molar-refractivity contribution in [3.63, 3.8) is 0 Å². The molecular weight excluding hydrogens is 184 g/mol. The van der Waals surface area contributed by atoms with Crippen LogP contribution >= 0.6 is 0 Å². The molecule has 0 saturated carbocycles. The molecule has 0 aromatic carbocycles. The van der Waals surface area contributed by atoms with Crippen molar-refractivity contribution in [2.24, 2.45) is 5.92 Å². The number of carboxylic acids is 1. The molecule has 0 fully saturated rings. The van der Waals surface area contributed by atoms with Gasteiger partial charge in [-0.3, -0.25) is 0 Å². The summed E-state index contributed by atoms with van der Waals surface area (Å²) in [7, 11) is 1.62. The molecule has 2 amide bonds. The summed E-state index contributed by atoms with van der Waals surface area (Å²) in [5.41, 5.74) is 0. The third kappa shape index (κ3) is 3.64. The first-order valence-electron chi connectivity index (χ1n) is 4.64. The first kappa shape index (κ1) is 12.7. The molecule has 0 aliphatic carbocycles. The van der Waals surface area contributed by atoms with Crippen molar-refractivity contribution in [1.82, 2.24) is 10.2 Å². The molecule has 0 rings (SSSR count). The molecule has 0 aliphatic heterocycles. The molecule has 0 saturated heterocycles. The van der Waals surface area contributed by atoms with Crippen molar-refractivity contribution in [3.05, 3.63) is 0 Å². The van der Waals surface area contributed by atoms with Gasteiger partial charge < -0.3 is 15.3 Å². The summed E-state index contributed by atoms with van der Waals surface area (Å²) in [5.74, 6) is -1.13. The third-order valence-electron chi connectivity index (χ3n) is 2.03. The fourth-order valence-corrected chi connectivity index (χ4v) is 0.900. The molecular formula is C9H18N2O3. The summed E-state index contributed by atoms with van der Waals surface area (Å²) in [6.07, 6.45) is 0. The van der Waals surface area contributed by atoms with Crippen LogP contribution in [0.25, 0.3) is 0 Å². The topological polar surface area (TPSA) is 69.6 Å². The molecule has 0 aromatic rings. The fraction of sp³-hybridized carbons (Fsp3) is 0.778. The second-order valence-corrected chi connectivity index (χ2v) is 3.52. The molecule has 82 valence electrons. The van der Waals surface area contributed by atoms with Crippen molar-refractivity contribution in [1.29, 1.82) is 0 Å². The highest BCUT2D eigenvalue weighted by molar-refractivity contribution is 5.82. The highest BCUT2D eigenvalue weighted by Gasteiger charge is 2.24. The second kappa shape index (κ2) is 5.47. The van der Waals surface area contributed by atoms with E-state index in [9.17, 15) is 9.59 Å². The molecule has 2 N–H and O–H groups in total. The zero-order chi connectivity index (χ0) is 11.3. The zero-order valence-electron chi connectivity index (χ0n) is 9.07. The van der Waals surface area contributed by atoms with Gasteiger partial charge in [-0.05, 0) is 12.8 Å². The molecule has 0 unspecified atom stereocenters. The van der Waals surface area contributed by atoms with Crippen LogP contribution in [0.15, 0.2) is 0 Å². The van der Waals surface area contributed by atoms with Crippen LogP contribution in [-0.4, -0.2) is 41.6 Å². The zero-order valence-corrected chi connectivity index (χ0v) is 9.07. The highest BCUT2D eigenvalue weighted by Crippen LogP contribution is 2.02. The molecule has 0 radical (unpaired) electrons. The number of amides is 2. The average Bonchev–Trinajstić information content (AvgIpc) is 2.11. The van der Waals surface area contributed by atoms with E-state index >= 15 is 0 Å². The van der Waals surface area contributed by atoms with E-state index in [1.54, 1.807) is 20.9 Å². The van der Waals surface area contributed by atoms with Gasteiger partial charge in [-0.2, -0.15) is 0 Å². The SMILES string of the molecule is CCN(C)C(=O)N[C@@H](C(=O)O)C(C)C. The maximum atomic E-state index is 11.3. The van der Waals surface area contributed by atoms with Gasteiger partial charge in [0.15, 0.2) is 0 Å². The minimum Gasteiger partial charge on any atom is -0.480 e. The number of carbonyl (C=O) groups excluding carboxylic acids is 1. The van der Waals surface area contributed by atoms with E-state index in [1.165, 1.54) is 4.90 Å². The largest absolute Gasteiger partial charge is 0.480 e. The van der Waals surface area contributed by atoms with Gasteiger partial charge in [0.2, 0.25) is 0 Å². The van der Waals surface area contributed by atoms with Gasteiger partial charge in [-0.1, -0.05) is 13.8 Å². The standard InChI is InChI=1S/C9H18N2O3/c1-5-11(4)9(14)10-7(6(2)3)8(12)13/h6-7H,5H2,1-4H3,(H,10,14)(H,12,13)/t7-/m1/s1. The Morgan fingerprint density at radius 2 is 1.93 bits per heavy atom. The van der Waals surface area contributed by atoms with E-state index in [2.05, 4.69) is 5.32 Å². The predicted molar refractivity (Wildman–Crippen MR) is 53.1 cm³/mol. The molecule has 1 atom stereocenters. The fourth-order valence-electron chi connectivity index (χ4n) is 0.900. The molecule has 0 aromatic heterocycles. The Morgan fingerprint density at radius 1 is 1.43 bits per heavy atom. The van der Waals surface area contributed by atoms with Gasteiger partial charge in [-0.25, -0.2) is 9.59 Å². The van der Waals surface area contributed by atoms with Crippen molar-refractivity contribution in [2.75, 3.05) is 13.6 Å². The summed E-state index contributed by atoms with van der Waals surface area (Å²) >= 11 is 0. The first-order chi connectivity index (χ1) is 6.40. The Bertz CT molecular complexity index is 216. The Morgan fingerprint density at radius 3 is 2.21 bits per heavy atom. The quantitative estimate of drug-likeness (QED) is 0.707. The molecule has 0 heterocycles. The van der Waals surface area contributed by atoms with Crippen molar-refractivity contribution >= 4 is 12.0 Å². The maximum Gasteiger partial charge on any atom is 0.326 e. The van der Waals surface area contributed by atoms with Crippen LogP contribution in [0.2, 0.25) is 0 Å². The Hall–Kier alpha value is -1.26. The van der Waals surface area contributed by atoms with Crippen LogP contribution in [0.5, 0.6) is 0 Å². The lowest BCUT2D eigenvalue weighted by Gasteiger charge is -2.22. The number of carboxylic acid groups (broad SMARTS) is 1. The number of carbonyl (C=O) groups is 2. The van der Waals surface area contributed by atoms with Gasteiger partial charge in [0, 0.05) is 13.6 Å². The van der Waals surface area contributed by atoms with E-state index in [0.29, 0.717) is 6.54 Å². The number of urea groups is 1. The van der Waals surface area contributed by atoms with Crippen molar-refractivity contribution in [2.45, 2.75) is 26.8 Å². The molecule has 0 aliphatic rings. The van der Waals surface area contributed by atoms with E-state index in [-0.39, 0.29) is 11.9 Å². The van der Waals surface area contributed by atoms with Gasteiger partial charge in [0.25, 0.3) is 0 Å². The van der Waals surface area contributed by atoms with Gasteiger partial charge in [-0.15, -0.1) is 0 Å². The molecule has 0 bridgehead atoms. The van der Waals surface area contributed by atoms with Crippen molar-refractivity contribution < 1.29 is 14.7 Å². The first-order valence-corrected chi connectivity index (χ1v) is 4.64. The lowest BCUT2D eigenvalue weighted by atomic mass is 10.1. The Balaban J connectivity index is 4.31. The monoisotopic (exact) mass is 202 g/mol.